The summed E-state index contributed by atoms with van der Waals surface area (Å²) in [4.78, 5) is 23.0. The van der Waals surface area contributed by atoms with E-state index in [-0.39, 0.29) is 30.1 Å². The van der Waals surface area contributed by atoms with Gasteiger partial charge in [-0.2, -0.15) is 0 Å². The second kappa shape index (κ2) is 7.18. The van der Waals surface area contributed by atoms with Gasteiger partial charge in [-0.3, -0.25) is 9.59 Å². The number of hydrogen-bond acceptors (Lipinski definition) is 3. The van der Waals surface area contributed by atoms with Gasteiger partial charge < -0.3 is 15.6 Å². The number of rotatable bonds is 5. The second-order valence-corrected chi connectivity index (χ2v) is 4.30. The summed E-state index contributed by atoms with van der Waals surface area (Å²) in [6.07, 6.45) is 2.39. The number of nitrogens with one attached hydrogen (secondary N) is 1. The van der Waals surface area contributed by atoms with Crippen LogP contribution in [-0.4, -0.2) is 28.8 Å². The van der Waals surface area contributed by atoms with Gasteiger partial charge in [0, 0.05) is 31.4 Å². The zero-order chi connectivity index (χ0) is 13.0. The van der Waals surface area contributed by atoms with E-state index in [0.29, 0.717) is 17.8 Å². The van der Waals surface area contributed by atoms with Gasteiger partial charge in [0.25, 0.3) is 5.91 Å². The smallest absolute Gasteiger partial charge is 0.267 e. The lowest BCUT2D eigenvalue weighted by atomic mass is 10.2. The molecule has 102 valence electrons. The molecule has 0 saturated heterocycles. The van der Waals surface area contributed by atoms with Crippen LogP contribution in [0.2, 0.25) is 0 Å². The molecule has 1 aromatic heterocycles. The SMILES string of the molecule is CC(=O)c1cc(C(=O)NCCC(C)N)n(C)c1.Cl. The number of amides is 1. The summed E-state index contributed by atoms with van der Waals surface area (Å²) in [5, 5.41) is 2.77. The van der Waals surface area contributed by atoms with Gasteiger partial charge in [0.05, 0.1) is 0 Å². The zero-order valence-electron chi connectivity index (χ0n) is 10.9. The van der Waals surface area contributed by atoms with Crippen molar-refractivity contribution in [3.8, 4) is 0 Å². The summed E-state index contributed by atoms with van der Waals surface area (Å²) in [6.45, 7) is 3.91. The van der Waals surface area contributed by atoms with E-state index in [1.165, 1.54) is 6.92 Å². The van der Waals surface area contributed by atoms with E-state index in [4.69, 9.17) is 5.73 Å². The fourth-order valence-electron chi connectivity index (χ4n) is 1.49. The van der Waals surface area contributed by atoms with E-state index in [1.54, 1.807) is 23.9 Å². The van der Waals surface area contributed by atoms with Crippen LogP contribution < -0.4 is 11.1 Å². The van der Waals surface area contributed by atoms with Crippen LogP contribution in [-0.2, 0) is 7.05 Å². The molecule has 5 nitrogen and oxygen atoms in total. The molecule has 3 N–H and O–H groups in total. The monoisotopic (exact) mass is 273 g/mol. The van der Waals surface area contributed by atoms with E-state index >= 15 is 0 Å². The average molecular weight is 274 g/mol. The number of nitrogens with zero attached hydrogens (tertiary/aromatic N) is 1. The van der Waals surface area contributed by atoms with Gasteiger partial charge in [0.1, 0.15) is 5.69 Å². The highest BCUT2D eigenvalue weighted by molar-refractivity contribution is 5.99. The third-order valence-corrected chi connectivity index (χ3v) is 2.53. The van der Waals surface area contributed by atoms with Gasteiger partial charge in [0.15, 0.2) is 5.78 Å². The molecular weight excluding hydrogens is 254 g/mol. The molecule has 1 amide bonds. The maximum Gasteiger partial charge on any atom is 0.267 e. The Morgan fingerprint density at radius 1 is 1.50 bits per heavy atom. The van der Waals surface area contributed by atoms with E-state index in [1.807, 2.05) is 6.92 Å². The molecule has 6 heteroatoms. The Hall–Kier alpha value is -1.33. The van der Waals surface area contributed by atoms with Crippen molar-refractivity contribution in [3.63, 3.8) is 0 Å². The maximum atomic E-state index is 11.8. The Bertz CT molecular complexity index is 427. The number of nitrogens with two attached hydrogens (primary N) is 1. The molecule has 0 aliphatic rings. The lowest BCUT2D eigenvalue weighted by Gasteiger charge is -2.07. The topological polar surface area (TPSA) is 77.1 Å². The Balaban J connectivity index is 0.00000289. The van der Waals surface area contributed by atoms with Crippen LogP contribution >= 0.6 is 12.4 Å². The summed E-state index contributed by atoms with van der Waals surface area (Å²) in [7, 11) is 1.74. The van der Waals surface area contributed by atoms with Crippen LogP contribution in [0.3, 0.4) is 0 Å². The van der Waals surface area contributed by atoms with Crippen molar-refractivity contribution >= 4 is 24.1 Å². The van der Waals surface area contributed by atoms with Gasteiger partial charge in [-0.15, -0.1) is 12.4 Å². The minimum absolute atomic E-state index is 0. The fourth-order valence-corrected chi connectivity index (χ4v) is 1.49. The molecule has 0 spiro atoms. The first-order chi connectivity index (χ1) is 7.91. The molecule has 18 heavy (non-hydrogen) atoms. The number of aromatic nitrogens is 1. The molecule has 0 bridgehead atoms. The van der Waals surface area contributed by atoms with Crippen LogP contribution in [0.1, 0.15) is 41.1 Å². The number of hydrogen-bond donors (Lipinski definition) is 2. The highest BCUT2D eigenvalue weighted by atomic mass is 35.5. The van der Waals surface area contributed by atoms with Crippen LogP contribution in [0.5, 0.6) is 0 Å². The van der Waals surface area contributed by atoms with Crippen molar-refractivity contribution < 1.29 is 9.59 Å². The van der Waals surface area contributed by atoms with Crippen molar-refractivity contribution in [1.29, 1.82) is 0 Å². The van der Waals surface area contributed by atoms with Gasteiger partial charge in [-0.1, -0.05) is 0 Å². The largest absolute Gasteiger partial charge is 0.351 e. The molecule has 0 aromatic carbocycles. The Morgan fingerprint density at radius 2 is 2.11 bits per heavy atom. The highest BCUT2D eigenvalue weighted by Crippen LogP contribution is 2.07. The van der Waals surface area contributed by atoms with E-state index in [2.05, 4.69) is 5.32 Å². The number of halogens is 1. The summed E-state index contributed by atoms with van der Waals surface area (Å²) < 4.78 is 1.65. The summed E-state index contributed by atoms with van der Waals surface area (Å²) in [5.41, 5.74) is 6.62. The fraction of sp³-hybridized carbons (Fsp3) is 0.500. The number of ketones is 1. The molecule has 1 rings (SSSR count). The predicted molar refractivity (Wildman–Crippen MR) is 73.3 cm³/mol. The summed E-state index contributed by atoms with van der Waals surface area (Å²) in [6, 6.07) is 1.67. The maximum absolute atomic E-state index is 11.8. The molecule has 0 radical (unpaired) electrons. The van der Waals surface area contributed by atoms with Crippen molar-refractivity contribution in [2.75, 3.05) is 6.54 Å². The van der Waals surface area contributed by atoms with Gasteiger partial charge in [-0.05, 0) is 26.3 Å². The van der Waals surface area contributed by atoms with E-state index < -0.39 is 0 Å². The molecule has 0 fully saturated rings. The first kappa shape index (κ1) is 16.7. The van der Waals surface area contributed by atoms with Gasteiger partial charge >= 0.3 is 0 Å². The molecule has 1 heterocycles. The van der Waals surface area contributed by atoms with E-state index in [0.717, 1.165) is 6.42 Å². The second-order valence-electron chi connectivity index (χ2n) is 4.30. The van der Waals surface area contributed by atoms with Crippen molar-refractivity contribution in [2.45, 2.75) is 26.3 Å². The lowest BCUT2D eigenvalue weighted by Crippen LogP contribution is -2.30. The first-order valence-corrected chi connectivity index (χ1v) is 5.63. The van der Waals surface area contributed by atoms with Gasteiger partial charge in [0.2, 0.25) is 0 Å². The number of carbonyl (C=O) groups excluding carboxylic acids is 2. The number of carbonyl (C=O) groups is 2. The highest BCUT2D eigenvalue weighted by Gasteiger charge is 2.13. The standard InChI is InChI=1S/C12H19N3O2.ClH/c1-8(13)4-5-14-12(17)11-6-10(9(2)16)7-15(11)3;/h6-8H,4-5,13H2,1-3H3,(H,14,17);1H. The Morgan fingerprint density at radius 3 is 2.56 bits per heavy atom. The molecular formula is C12H20ClN3O2. The summed E-state index contributed by atoms with van der Waals surface area (Å²) >= 11 is 0. The molecule has 0 aliphatic carbocycles. The third-order valence-electron chi connectivity index (χ3n) is 2.53. The quantitative estimate of drug-likeness (QED) is 0.789. The van der Waals surface area contributed by atoms with Crippen LogP contribution in [0.4, 0.5) is 0 Å². The average Bonchev–Trinajstić information content (AvgIpc) is 2.59. The normalized spacial score (nSPS) is 11.6. The number of aryl methyl sites for hydroxylation is 1. The predicted octanol–water partition coefficient (Wildman–Crippen LogP) is 1.12. The summed E-state index contributed by atoms with van der Waals surface area (Å²) in [5.74, 6) is -0.226. The molecule has 1 unspecified atom stereocenters. The van der Waals surface area contributed by atoms with E-state index in [9.17, 15) is 9.59 Å². The van der Waals surface area contributed by atoms with Crippen molar-refractivity contribution in [1.82, 2.24) is 9.88 Å². The van der Waals surface area contributed by atoms with Crippen molar-refractivity contribution in [3.05, 3.63) is 23.5 Å². The Labute approximate surface area is 113 Å². The van der Waals surface area contributed by atoms with Crippen LogP contribution in [0.15, 0.2) is 12.3 Å². The minimum Gasteiger partial charge on any atom is -0.351 e. The van der Waals surface area contributed by atoms with Crippen LogP contribution in [0.25, 0.3) is 0 Å². The minimum atomic E-state index is -0.180. The first-order valence-electron chi connectivity index (χ1n) is 5.63. The molecule has 0 saturated carbocycles. The van der Waals surface area contributed by atoms with Gasteiger partial charge in [-0.25, -0.2) is 0 Å². The zero-order valence-corrected chi connectivity index (χ0v) is 11.7. The lowest BCUT2D eigenvalue weighted by molar-refractivity contribution is 0.0944. The number of Topliss-reactive ketones (excluding diaryl/α,β-unsaturated/α-hetero) is 1. The molecule has 0 aliphatic heterocycles. The van der Waals surface area contributed by atoms with Crippen LogP contribution in [0, 0.1) is 0 Å². The third kappa shape index (κ3) is 4.50. The molecule has 1 atom stereocenters. The van der Waals surface area contributed by atoms with Crippen molar-refractivity contribution in [2.24, 2.45) is 12.8 Å². The molecule has 1 aromatic rings. The Kier molecular flexibility index (Phi) is 6.65.